The van der Waals surface area contributed by atoms with Crippen molar-refractivity contribution in [2.24, 2.45) is 4.99 Å². The smallest absolute Gasteiger partial charge is 0.260 e. The van der Waals surface area contributed by atoms with Crippen molar-refractivity contribution in [3.8, 4) is 5.75 Å². The summed E-state index contributed by atoms with van der Waals surface area (Å²) in [6, 6.07) is 7.17. The fourth-order valence-corrected chi connectivity index (χ4v) is 3.86. The highest BCUT2D eigenvalue weighted by molar-refractivity contribution is 6.07. The number of nitrogens with two attached hydrogens (primary N) is 1. The fraction of sp³-hybridized carbons (Fsp3) is 0.391. The van der Waals surface area contributed by atoms with Gasteiger partial charge in [-0.3, -0.25) is 9.79 Å². The number of rotatable bonds is 6. The maximum absolute atomic E-state index is 13.2. The van der Waals surface area contributed by atoms with E-state index in [1.165, 1.54) is 0 Å². The van der Waals surface area contributed by atoms with Gasteiger partial charge in [-0.1, -0.05) is 0 Å². The van der Waals surface area contributed by atoms with Crippen molar-refractivity contribution in [2.75, 3.05) is 11.1 Å². The normalized spacial score (nSPS) is 21.2. The number of imidazole rings is 1. The lowest BCUT2D eigenvalue weighted by Crippen LogP contribution is -2.20. The Labute approximate surface area is 185 Å². The summed E-state index contributed by atoms with van der Waals surface area (Å²) in [5.74, 6) is 0.599. The summed E-state index contributed by atoms with van der Waals surface area (Å²) in [6.45, 7) is 0. The number of fused-ring (bicyclic) bond motifs is 1. The van der Waals surface area contributed by atoms with Gasteiger partial charge in [0.2, 0.25) is 0 Å². The van der Waals surface area contributed by atoms with Gasteiger partial charge in [-0.15, -0.1) is 0 Å². The van der Waals surface area contributed by atoms with Crippen molar-refractivity contribution in [1.29, 1.82) is 0 Å². The number of ether oxygens (including phenoxy) is 1. The molecule has 2 fully saturated rings. The molecular weight excluding hydrogens is 408 g/mol. The van der Waals surface area contributed by atoms with E-state index >= 15 is 0 Å². The Morgan fingerprint density at radius 3 is 2.84 bits per heavy atom. The summed E-state index contributed by atoms with van der Waals surface area (Å²) >= 11 is 0. The van der Waals surface area contributed by atoms with Crippen molar-refractivity contribution < 1.29 is 14.6 Å². The molecule has 2 heterocycles. The standard InChI is InChI=1S/C23H26N6O3/c24-19-11-20(32-17-7-8-17)18(10-14(19)12-25-15-3-5-16(30)6-4-15)23(31)28-22-13-26-21-2-1-9-27-29(21)22/h1-2,9-13,15-17,30H,3-8,24H2,(H,28,31). The molecule has 9 nitrogen and oxygen atoms in total. The summed E-state index contributed by atoms with van der Waals surface area (Å²) in [4.78, 5) is 22.1. The number of benzene rings is 1. The molecule has 4 N–H and O–H groups in total. The van der Waals surface area contributed by atoms with Crippen LogP contribution in [0.25, 0.3) is 5.65 Å². The molecule has 0 aliphatic heterocycles. The third kappa shape index (κ3) is 4.43. The van der Waals surface area contributed by atoms with Gasteiger partial charge in [0.25, 0.3) is 5.91 Å². The Kier molecular flexibility index (Phi) is 5.48. The number of aliphatic imine (C=N–C) groups is 1. The molecule has 3 aromatic rings. The number of carbonyl (C=O) groups excluding carboxylic acids is 1. The average Bonchev–Trinajstić information content (AvgIpc) is 3.52. The number of carbonyl (C=O) groups is 1. The first-order valence-electron chi connectivity index (χ1n) is 11.0. The average molecular weight is 435 g/mol. The van der Waals surface area contributed by atoms with Gasteiger partial charge in [-0.05, 0) is 56.7 Å². The second kappa shape index (κ2) is 8.58. The molecule has 2 aliphatic rings. The van der Waals surface area contributed by atoms with Crippen LogP contribution in [-0.4, -0.2) is 50.1 Å². The maximum atomic E-state index is 13.2. The quantitative estimate of drug-likeness (QED) is 0.404. The van der Waals surface area contributed by atoms with Crippen molar-refractivity contribution in [3.05, 3.63) is 47.8 Å². The van der Waals surface area contributed by atoms with Crippen LogP contribution in [-0.2, 0) is 0 Å². The number of aliphatic hydroxyl groups is 1. The van der Waals surface area contributed by atoms with E-state index in [-0.39, 0.29) is 24.2 Å². The first kappa shape index (κ1) is 20.4. The minimum absolute atomic E-state index is 0.117. The third-order valence-corrected chi connectivity index (χ3v) is 5.86. The van der Waals surface area contributed by atoms with Crippen molar-refractivity contribution in [1.82, 2.24) is 14.6 Å². The molecule has 5 rings (SSSR count). The Morgan fingerprint density at radius 2 is 2.06 bits per heavy atom. The SMILES string of the molecule is Nc1cc(OC2CC2)c(C(=O)Nc2cnc3cccnn23)cc1C=NC1CCC(O)CC1. The number of amides is 1. The minimum atomic E-state index is -0.330. The second-order valence-electron chi connectivity index (χ2n) is 8.43. The van der Waals surface area contributed by atoms with Crippen LogP contribution in [0.1, 0.15) is 54.4 Å². The van der Waals surface area contributed by atoms with E-state index in [4.69, 9.17) is 10.5 Å². The van der Waals surface area contributed by atoms with Crippen LogP contribution < -0.4 is 15.8 Å². The largest absolute Gasteiger partial charge is 0.490 e. The molecule has 1 aromatic carbocycles. The summed E-state index contributed by atoms with van der Waals surface area (Å²) < 4.78 is 7.54. The van der Waals surface area contributed by atoms with Crippen molar-refractivity contribution in [3.63, 3.8) is 0 Å². The summed E-state index contributed by atoms with van der Waals surface area (Å²) in [6.07, 6.45) is 9.95. The number of nitrogen functional groups attached to an aromatic ring is 1. The molecule has 2 aliphatic carbocycles. The zero-order chi connectivity index (χ0) is 22.1. The van der Waals surface area contributed by atoms with Crippen molar-refractivity contribution in [2.45, 2.75) is 56.8 Å². The number of hydrogen-bond donors (Lipinski definition) is 3. The minimum Gasteiger partial charge on any atom is -0.490 e. The van der Waals surface area contributed by atoms with E-state index in [9.17, 15) is 9.90 Å². The van der Waals surface area contributed by atoms with Crippen LogP contribution in [0.5, 0.6) is 5.75 Å². The lowest BCUT2D eigenvalue weighted by molar-refractivity contribution is 0.102. The van der Waals surface area contributed by atoms with Gasteiger partial charge >= 0.3 is 0 Å². The first-order chi connectivity index (χ1) is 15.6. The number of nitrogens with one attached hydrogen (secondary N) is 1. The molecule has 0 bridgehead atoms. The van der Waals surface area contributed by atoms with Crippen LogP contribution in [0.4, 0.5) is 11.5 Å². The molecule has 0 spiro atoms. The van der Waals surface area contributed by atoms with Crippen LogP contribution in [0, 0.1) is 0 Å². The molecule has 0 saturated heterocycles. The van der Waals surface area contributed by atoms with E-state index in [0.29, 0.717) is 34.0 Å². The van der Waals surface area contributed by atoms with Crippen LogP contribution in [0.3, 0.4) is 0 Å². The van der Waals surface area contributed by atoms with E-state index in [1.807, 2.05) is 6.07 Å². The Balaban J connectivity index is 1.42. The Hall–Kier alpha value is -3.46. The van der Waals surface area contributed by atoms with Crippen LogP contribution >= 0.6 is 0 Å². The lowest BCUT2D eigenvalue weighted by atomic mass is 9.93. The van der Waals surface area contributed by atoms with E-state index in [1.54, 1.807) is 41.3 Å². The predicted molar refractivity (Wildman–Crippen MR) is 121 cm³/mol. The third-order valence-electron chi connectivity index (χ3n) is 5.86. The van der Waals surface area contributed by atoms with E-state index < -0.39 is 0 Å². The van der Waals surface area contributed by atoms with Gasteiger partial charge in [0.05, 0.1) is 30.0 Å². The highest BCUT2D eigenvalue weighted by Gasteiger charge is 2.27. The highest BCUT2D eigenvalue weighted by Crippen LogP contribution is 2.32. The van der Waals surface area contributed by atoms with Gasteiger partial charge in [0.1, 0.15) is 5.75 Å². The fourth-order valence-electron chi connectivity index (χ4n) is 3.86. The Morgan fingerprint density at radius 1 is 1.25 bits per heavy atom. The molecule has 2 aromatic heterocycles. The zero-order valence-electron chi connectivity index (χ0n) is 17.6. The molecule has 0 unspecified atom stereocenters. The van der Waals surface area contributed by atoms with E-state index in [2.05, 4.69) is 20.4 Å². The molecule has 166 valence electrons. The number of aromatic nitrogens is 3. The Bertz CT molecular complexity index is 1160. The lowest BCUT2D eigenvalue weighted by Gasteiger charge is -2.22. The van der Waals surface area contributed by atoms with Gasteiger partial charge in [-0.25, -0.2) is 4.98 Å². The summed E-state index contributed by atoms with van der Waals surface area (Å²) in [7, 11) is 0. The second-order valence-corrected chi connectivity index (χ2v) is 8.43. The molecule has 0 atom stereocenters. The monoisotopic (exact) mass is 434 g/mol. The van der Waals surface area contributed by atoms with Gasteiger partial charge < -0.3 is 20.9 Å². The van der Waals surface area contributed by atoms with Crippen LogP contribution in [0.15, 0.2) is 41.7 Å². The number of aliphatic hydroxyl groups excluding tert-OH is 1. The van der Waals surface area contributed by atoms with E-state index in [0.717, 1.165) is 38.5 Å². The molecule has 2 saturated carbocycles. The highest BCUT2D eigenvalue weighted by atomic mass is 16.5. The molecule has 9 heteroatoms. The topological polar surface area (TPSA) is 127 Å². The zero-order valence-corrected chi connectivity index (χ0v) is 17.6. The number of anilines is 2. The predicted octanol–water partition coefficient (Wildman–Crippen LogP) is 2.83. The first-order valence-corrected chi connectivity index (χ1v) is 11.0. The summed E-state index contributed by atoms with van der Waals surface area (Å²) in [5, 5.41) is 16.8. The number of hydrogen-bond acceptors (Lipinski definition) is 7. The van der Waals surface area contributed by atoms with Gasteiger partial charge in [0.15, 0.2) is 11.5 Å². The van der Waals surface area contributed by atoms with Crippen molar-refractivity contribution >= 4 is 29.3 Å². The molecule has 32 heavy (non-hydrogen) atoms. The number of nitrogens with zero attached hydrogens (tertiary/aromatic N) is 4. The van der Waals surface area contributed by atoms with Gasteiger partial charge in [0, 0.05) is 29.7 Å². The molecular formula is C23H26N6O3. The van der Waals surface area contributed by atoms with Gasteiger partial charge in [-0.2, -0.15) is 9.61 Å². The molecule has 1 amide bonds. The summed E-state index contributed by atoms with van der Waals surface area (Å²) in [5.41, 5.74) is 8.47. The van der Waals surface area contributed by atoms with Crippen LogP contribution in [0.2, 0.25) is 0 Å². The maximum Gasteiger partial charge on any atom is 0.260 e. The molecule has 0 radical (unpaired) electrons.